The molecule has 350 valence electrons. The number of esters is 3. The van der Waals surface area contributed by atoms with Crippen molar-refractivity contribution in [2.24, 2.45) is 0 Å². The van der Waals surface area contributed by atoms with E-state index in [2.05, 4.69) is 20.8 Å². The Morgan fingerprint density at radius 3 is 0.678 bits per heavy atom. The van der Waals surface area contributed by atoms with Crippen molar-refractivity contribution < 1.29 is 28.6 Å². The van der Waals surface area contributed by atoms with E-state index in [0.717, 1.165) is 57.8 Å². The summed E-state index contributed by atoms with van der Waals surface area (Å²) in [4.78, 5) is 37.9. The van der Waals surface area contributed by atoms with Gasteiger partial charge in [-0.3, -0.25) is 14.4 Å². The highest BCUT2D eigenvalue weighted by molar-refractivity contribution is 5.71. The van der Waals surface area contributed by atoms with Crippen molar-refractivity contribution >= 4 is 17.9 Å². The number of rotatable bonds is 49. The van der Waals surface area contributed by atoms with Crippen LogP contribution in [0.5, 0.6) is 0 Å². The Labute approximate surface area is 368 Å². The quantitative estimate of drug-likeness (QED) is 0.0345. The van der Waals surface area contributed by atoms with Gasteiger partial charge in [0.2, 0.25) is 0 Å². The highest BCUT2D eigenvalue weighted by Crippen LogP contribution is 2.17. The molecule has 0 spiro atoms. The summed E-state index contributed by atoms with van der Waals surface area (Å²) in [5, 5.41) is 0. The Balaban J connectivity index is 4.24. The van der Waals surface area contributed by atoms with Crippen molar-refractivity contribution in [2.45, 2.75) is 309 Å². The molecular weight excluding hydrogens is 733 g/mol. The SMILES string of the molecule is CCCCCCCCCCCCCCCCCCCCCC(=O)OC(COC(=O)CCCCCCCCCCCCC)COC(=O)CCCCCCCCCCCCC. The van der Waals surface area contributed by atoms with E-state index in [1.165, 1.54) is 205 Å². The number of carbonyl (C=O) groups is 3. The van der Waals surface area contributed by atoms with Crippen molar-refractivity contribution in [1.29, 1.82) is 0 Å². The molecule has 0 bridgehead atoms. The fourth-order valence-corrected chi connectivity index (χ4v) is 8.09. The molecule has 0 heterocycles. The summed E-state index contributed by atoms with van der Waals surface area (Å²) in [6.45, 7) is 6.67. The molecule has 0 aromatic rings. The van der Waals surface area contributed by atoms with Gasteiger partial charge < -0.3 is 14.2 Å². The molecule has 0 radical (unpaired) electrons. The van der Waals surface area contributed by atoms with E-state index < -0.39 is 6.10 Å². The Bertz CT molecular complexity index is 832. The molecular formula is C53H102O6. The van der Waals surface area contributed by atoms with Crippen molar-refractivity contribution in [1.82, 2.24) is 0 Å². The summed E-state index contributed by atoms with van der Waals surface area (Å²) in [6, 6.07) is 0. The van der Waals surface area contributed by atoms with E-state index in [0.29, 0.717) is 19.3 Å². The highest BCUT2D eigenvalue weighted by atomic mass is 16.6. The Kier molecular flexibility index (Phi) is 47.7. The Morgan fingerprint density at radius 2 is 0.458 bits per heavy atom. The first-order valence-electron chi connectivity index (χ1n) is 26.5. The van der Waals surface area contributed by atoms with Gasteiger partial charge in [0, 0.05) is 19.3 Å². The van der Waals surface area contributed by atoms with Crippen LogP contribution in [0.25, 0.3) is 0 Å². The summed E-state index contributed by atoms with van der Waals surface area (Å²) in [6.07, 6.45) is 52.3. The third-order valence-electron chi connectivity index (χ3n) is 12.1. The molecule has 0 amide bonds. The average Bonchev–Trinajstić information content (AvgIpc) is 3.23. The molecule has 6 nitrogen and oxygen atoms in total. The monoisotopic (exact) mass is 835 g/mol. The van der Waals surface area contributed by atoms with E-state index >= 15 is 0 Å². The maximum Gasteiger partial charge on any atom is 0.306 e. The van der Waals surface area contributed by atoms with Gasteiger partial charge >= 0.3 is 17.9 Å². The molecule has 0 saturated carbocycles. The first-order chi connectivity index (χ1) is 29.0. The molecule has 0 aliphatic heterocycles. The van der Waals surface area contributed by atoms with Gasteiger partial charge in [0.15, 0.2) is 6.10 Å². The molecule has 0 N–H and O–H groups in total. The van der Waals surface area contributed by atoms with Crippen LogP contribution in [0.1, 0.15) is 303 Å². The zero-order valence-electron chi connectivity index (χ0n) is 40.1. The van der Waals surface area contributed by atoms with Crippen LogP contribution < -0.4 is 0 Å². The fraction of sp³-hybridized carbons (Fsp3) is 0.943. The van der Waals surface area contributed by atoms with Gasteiger partial charge in [-0.25, -0.2) is 0 Å². The zero-order chi connectivity index (χ0) is 43.0. The van der Waals surface area contributed by atoms with Gasteiger partial charge in [0.1, 0.15) is 13.2 Å². The van der Waals surface area contributed by atoms with Crippen LogP contribution in [0.2, 0.25) is 0 Å². The maximum absolute atomic E-state index is 12.8. The minimum absolute atomic E-state index is 0.0620. The van der Waals surface area contributed by atoms with Crippen LogP contribution in [0, 0.1) is 0 Å². The zero-order valence-corrected chi connectivity index (χ0v) is 40.1. The molecule has 0 fully saturated rings. The van der Waals surface area contributed by atoms with Crippen molar-refractivity contribution in [2.75, 3.05) is 13.2 Å². The topological polar surface area (TPSA) is 78.9 Å². The lowest BCUT2D eigenvalue weighted by atomic mass is 10.0. The van der Waals surface area contributed by atoms with Gasteiger partial charge in [-0.15, -0.1) is 0 Å². The Morgan fingerprint density at radius 1 is 0.271 bits per heavy atom. The number of carbonyl (C=O) groups excluding carboxylic acids is 3. The summed E-state index contributed by atoms with van der Waals surface area (Å²) < 4.78 is 16.8. The van der Waals surface area contributed by atoms with Crippen molar-refractivity contribution in [3.05, 3.63) is 0 Å². The molecule has 0 aliphatic rings. The molecule has 0 atom stereocenters. The summed E-state index contributed by atoms with van der Waals surface area (Å²) in [5.74, 6) is -0.842. The maximum atomic E-state index is 12.8. The van der Waals surface area contributed by atoms with Gasteiger partial charge in [-0.05, 0) is 19.3 Å². The predicted molar refractivity (Wildman–Crippen MR) is 252 cm³/mol. The lowest BCUT2D eigenvalue weighted by Crippen LogP contribution is -2.30. The van der Waals surface area contributed by atoms with E-state index in [1.807, 2.05) is 0 Å². The highest BCUT2D eigenvalue weighted by Gasteiger charge is 2.19. The summed E-state index contributed by atoms with van der Waals surface area (Å²) in [5.41, 5.74) is 0. The van der Waals surface area contributed by atoms with Gasteiger partial charge in [0.05, 0.1) is 0 Å². The Hall–Kier alpha value is -1.59. The minimum atomic E-state index is -0.759. The normalized spacial score (nSPS) is 11.4. The van der Waals surface area contributed by atoms with Gasteiger partial charge in [-0.2, -0.15) is 0 Å². The third-order valence-corrected chi connectivity index (χ3v) is 12.1. The van der Waals surface area contributed by atoms with E-state index in [1.54, 1.807) is 0 Å². The van der Waals surface area contributed by atoms with E-state index in [9.17, 15) is 14.4 Å². The molecule has 0 rings (SSSR count). The molecule has 0 aliphatic carbocycles. The number of ether oxygens (including phenoxy) is 3. The first-order valence-corrected chi connectivity index (χ1v) is 26.5. The largest absolute Gasteiger partial charge is 0.462 e. The second kappa shape index (κ2) is 49.1. The molecule has 0 saturated heterocycles. The minimum Gasteiger partial charge on any atom is -0.462 e. The van der Waals surface area contributed by atoms with Crippen molar-refractivity contribution in [3.63, 3.8) is 0 Å². The second-order valence-electron chi connectivity index (χ2n) is 18.2. The first kappa shape index (κ1) is 57.4. The van der Waals surface area contributed by atoms with Crippen LogP contribution in [0.15, 0.2) is 0 Å². The summed E-state index contributed by atoms with van der Waals surface area (Å²) in [7, 11) is 0. The smallest absolute Gasteiger partial charge is 0.306 e. The van der Waals surface area contributed by atoms with Gasteiger partial charge in [-0.1, -0.05) is 265 Å². The second-order valence-corrected chi connectivity index (χ2v) is 18.2. The third kappa shape index (κ3) is 47.3. The molecule has 0 unspecified atom stereocenters. The van der Waals surface area contributed by atoms with E-state index in [4.69, 9.17) is 14.2 Å². The number of unbranched alkanes of at least 4 members (excludes halogenated alkanes) is 38. The molecule has 6 heteroatoms. The van der Waals surface area contributed by atoms with E-state index in [-0.39, 0.29) is 31.1 Å². The fourth-order valence-electron chi connectivity index (χ4n) is 8.09. The average molecular weight is 835 g/mol. The molecule has 59 heavy (non-hydrogen) atoms. The predicted octanol–water partition coefficient (Wildman–Crippen LogP) is 17.2. The summed E-state index contributed by atoms with van der Waals surface area (Å²) >= 11 is 0. The number of hydrogen-bond acceptors (Lipinski definition) is 6. The molecule has 0 aromatic heterocycles. The lowest BCUT2D eigenvalue weighted by molar-refractivity contribution is -0.167. The van der Waals surface area contributed by atoms with Crippen molar-refractivity contribution in [3.8, 4) is 0 Å². The van der Waals surface area contributed by atoms with Crippen LogP contribution in [0.4, 0.5) is 0 Å². The number of hydrogen-bond donors (Lipinski definition) is 0. The molecule has 0 aromatic carbocycles. The van der Waals surface area contributed by atoms with Crippen LogP contribution >= 0.6 is 0 Å². The van der Waals surface area contributed by atoms with Gasteiger partial charge in [0.25, 0.3) is 0 Å². The lowest BCUT2D eigenvalue weighted by Gasteiger charge is -2.18. The van der Waals surface area contributed by atoms with Crippen LogP contribution in [-0.4, -0.2) is 37.2 Å². The van der Waals surface area contributed by atoms with Crippen LogP contribution in [0.3, 0.4) is 0 Å². The standard InChI is InChI=1S/C53H102O6/c1-4-7-10-13-16-19-22-23-24-25-26-27-28-29-32-35-38-41-44-47-53(56)59-50(48-57-51(54)45-42-39-36-33-30-20-17-14-11-8-5-2)49-58-52(55)46-43-40-37-34-31-21-18-15-12-9-6-3/h50H,4-49H2,1-3H3. The van der Waals surface area contributed by atoms with Crippen LogP contribution in [-0.2, 0) is 28.6 Å².